The maximum Gasteiger partial charge on any atom is 0.210 e. The molecule has 0 unspecified atom stereocenters. The van der Waals surface area contributed by atoms with Crippen LogP contribution in [0.15, 0.2) is 9.26 Å². The zero-order chi connectivity index (χ0) is 14.7. The maximum atomic E-state index is 5.35. The fourth-order valence-corrected chi connectivity index (χ4v) is 9.37. The molecule has 1 heterocycles. The fraction of sp³-hybridized carbons (Fsp3) is 1.00. The van der Waals surface area contributed by atoms with Gasteiger partial charge in [0.1, 0.15) is 0 Å². The molecule has 19 heavy (non-hydrogen) atoms. The summed E-state index contributed by atoms with van der Waals surface area (Å²) in [5.41, 5.74) is -0.0222. The molecule has 0 spiro atoms. The van der Waals surface area contributed by atoms with Crippen molar-refractivity contribution in [2.24, 2.45) is 9.26 Å². The van der Waals surface area contributed by atoms with Crippen LogP contribution in [-0.2, 0) is 0 Å². The van der Waals surface area contributed by atoms with E-state index in [2.05, 4.69) is 58.1 Å². The Kier molecular flexibility index (Phi) is 6.32. The summed E-state index contributed by atoms with van der Waals surface area (Å²) in [6.07, 6.45) is 3.65. The first kappa shape index (κ1) is 17.4. The molecule has 1 aliphatic rings. The van der Waals surface area contributed by atoms with Gasteiger partial charge in [-0.25, -0.2) is 18.6 Å². The molecule has 114 valence electrons. The number of nitrogens with zero attached hydrogens (tertiary/aromatic N) is 4. The molecule has 4 nitrogen and oxygen atoms in total. The third-order valence-electron chi connectivity index (χ3n) is 3.41. The summed E-state index contributed by atoms with van der Waals surface area (Å²) in [4.78, 5) is 0. The summed E-state index contributed by atoms with van der Waals surface area (Å²) in [6, 6.07) is 0. The van der Waals surface area contributed by atoms with Crippen molar-refractivity contribution in [2.45, 2.75) is 46.6 Å². The van der Waals surface area contributed by atoms with Gasteiger partial charge in [-0.1, -0.05) is 13.8 Å². The average Bonchev–Trinajstić information content (AvgIpc) is 2.31. The first-order chi connectivity index (χ1) is 8.75. The van der Waals surface area contributed by atoms with Gasteiger partial charge in [0.15, 0.2) is 0 Å². The van der Waals surface area contributed by atoms with E-state index in [0.717, 1.165) is 13.1 Å². The molecule has 1 saturated heterocycles. The van der Waals surface area contributed by atoms with Crippen LogP contribution in [0.25, 0.3) is 0 Å². The highest BCUT2D eigenvalue weighted by molar-refractivity contribution is 7.67. The lowest BCUT2D eigenvalue weighted by Gasteiger charge is -2.43. The molecular formula is C13H32N4P2. The fourth-order valence-electron chi connectivity index (χ4n) is 2.37. The molecule has 0 aliphatic carbocycles. The van der Waals surface area contributed by atoms with Gasteiger partial charge in [-0.15, -0.1) is 0 Å². The smallest absolute Gasteiger partial charge is 0.210 e. The van der Waals surface area contributed by atoms with E-state index in [1.807, 2.05) is 0 Å². The van der Waals surface area contributed by atoms with Crippen molar-refractivity contribution in [2.75, 3.05) is 39.5 Å². The van der Waals surface area contributed by atoms with Crippen LogP contribution in [0.5, 0.6) is 0 Å². The molecule has 0 atom stereocenters. The van der Waals surface area contributed by atoms with Gasteiger partial charge in [-0.2, -0.15) is 0 Å². The Morgan fingerprint density at radius 3 is 1.89 bits per heavy atom. The van der Waals surface area contributed by atoms with Crippen molar-refractivity contribution in [3.63, 3.8) is 0 Å². The molecule has 0 radical (unpaired) electrons. The monoisotopic (exact) mass is 306 g/mol. The Morgan fingerprint density at radius 2 is 1.53 bits per heavy atom. The normalized spacial score (nSPS) is 21.7. The molecule has 0 aromatic carbocycles. The van der Waals surface area contributed by atoms with Crippen LogP contribution in [0.4, 0.5) is 0 Å². The van der Waals surface area contributed by atoms with Gasteiger partial charge >= 0.3 is 0 Å². The van der Waals surface area contributed by atoms with E-state index in [9.17, 15) is 0 Å². The molecule has 1 fully saturated rings. The standard InChI is InChI=1S/C13H32N4P2/c1-8-18(9-2)15-19(14-13(3,4)5)16(6)11-10-12-17(19)7/h18H,8-12H2,1-7H3. The van der Waals surface area contributed by atoms with Crippen molar-refractivity contribution in [1.82, 2.24) is 9.34 Å². The molecule has 0 saturated carbocycles. The summed E-state index contributed by atoms with van der Waals surface area (Å²) in [5, 5.41) is 0. The molecule has 0 N–H and O–H groups in total. The van der Waals surface area contributed by atoms with E-state index in [1.165, 1.54) is 18.7 Å². The second-order valence-electron chi connectivity index (χ2n) is 6.30. The van der Waals surface area contributed by atoms with Crippen LogP contribution >= 0.6 is 15.2 Å². The van der Waals surface area contributed by atoms with Crippen molar-refractivity contribution in [3.05, 3.63) is 0 Å². The Hall–Kier alpha value is 0.380. The highest BCUT2D eigenvalue weighted by Gasteiger charge is 2.34. The van der Waals surface area contributed by atoms with E-state index < -0.39 is 15.2 Å². The van der Waals surface area contributed by atoms with Crippen LogP contribution < -0.4 is 0 Å². The predicted octanol–water partition coefficient (Wildman–Crippen LogP) is 4.44. The largest absolute Gasteiger partial charge is 0.249 e. The summed E-state index contributed by atoms with van der Waals surface area (Å²) in [7, 11) is 1.99. The van der Waals surface area contributed by atoms with Crippen molar-refractivity contribution in [3.8, 4) is 0 Å². The first-order valence-corrected chi connectivity index (χ1v) is 10.9. The zero-order valence-corrected chi connectivity index (χ0v) is 15.7. The van der Waals surface area contributed by atoms with Crippen LogP contribution in [0, 0.1) is 0 Å². The van der Waals surface area contributed by atoms with Gasteiger partial charge in [-0.3, -0.25) is 0 Å². The molecule has 0 aromatic heterocycles. The van der Waals surface area contributed by atoms with Crippen LogP contribution in [0.3, 0.4) is 0 Å². The highest BCUT2D eigenvalue weighted by atomic mass is 31.2. The van der Waals surface area contributed by atoms with E-state index in [4.69, 9.17) is 9.26 Å². The first-order valence-electron chi connectivity index (χ1n) is 7.40. The molecule has 1 aliphatic heterocycles. The predicted molar refractivity (Wildman–Crippen MR) is 90.8 cm³/mol. The third-order valence-corrected chi connectivity index (χ3v) is 10.3. The van der Waals surface area contributed by atoms with Crippen LogP contribution in [0.1, 0.15) is 41.0 Å². The highest BCUT2D eigenvalue weighted by Crippen LogP contribution is 2.63. The van der Waals surface area contributed by atoms with E-state index in [0.29, 0.717) is 0 Å². The van der Waals surface area contributed by atoms with Gasteiger partial charge in [0.25, 0.3) is 0 Å². The molecule has 0 bridgehead atoms. The maximum absolute atomic E-state index is 5.35. The SMILES string of the molecule is CC[PH](CC)=NP1(=NC(C)(C)C)N(C)CCCN1C. The lowest BCUT2D eigenvalue weighted by molar-refractivity contribution is 0.370. The molecular weight excluding hydrogens is 274 g/mol. The third kappa shape index (κ3) is 4.43. The Bertz CT molecular complexity index is 365. The van der Waals surface area contributed by atoms with Crippen molar-refractivity contribution in [1.29, 1.82) is 0 Å². The molecule has 0 aromatic rings. The molecule has 1 rings (SSSR count). The zero-order valence-electron chi connectivity index (χ0n) is 13.8. The molecule has 0 amide bonds. The lowest BCUT2D eigenvalue weighted by Crippen LogP contribution is -2.35. The van der Waals surface area contributed by atoms with Gasteiger partial charge in [0.05, 0.1) is 5.54 Å². The molecule has 6 heteroatoms. The quantitative estimate of drug-likeness (QED) is 0.722. The second kappa shape index (κ2) is 6.89. The number of hydrogen-bond donors (Lipinski definition) is 0. The second-order valence-corrected chi connectivity index (χ2v) is 12.3. The topological polar surface area (TPSA) is 31.2 Å². The summed E-state index contributed by atoms with van der Waals surface area (Å²) < 4.78 is 15.5. The minimum atomic E-state index is -1.82. The Morgan fingerprint density at radius 1 is 1.05 bits per heavy atom. The van der Waals surface area contributed by atoms with Gasteiger partial charge in [0.2, 0.25) is 7.51 Å². The Labute approximate surface area is 120 Å². The Balaban J connectivity index is 3.40. The summed E-state index contributed by atoms with van der Waals surface area (Å²) in [6.45, 7) is 13.4. The van der Waals surface area contributed by atoms with E-state index in [-0.39, 0.29) is 5.54 Å². The van der Waals surface area contributed by atoms with Gasteiger partial charge in [0, 0.05) is 13.1 Å². The van der Waals surface area contributed by atoms with Crippen LogP contribution in [-0.4, -0.2) is 54.4 Å². The minimum Gasteiger partial charge on any atom is -0.249 e. The number of rotatable bonds is 3. The van der Waals surface area contributed by atoms with Crippen molar-refractivity contribution < 1.29 is 0 Å². The van der Waals surface area contributed by atoms with E-state index in [1.54, 1.807) is 0 Å². The average molecular weight is 306 g/mol. The van der Waals surface area contributed by atoms with Crippen LogP contribution in [0.2, 0.25) is 0 Å². The van der Waals surface area contributed by atoms with E-state index >= 15 is 0 Å². The van der Waals surface area contributed by atoms with Gasteiger partial charge in [-0.05, 0) is 61.3 Å². The van der Waals surface area contributed by atoms with Gasteiger partial charge < -0.3 is 0 Å². The minimum absolute atomic E-state index is 0.0222. The lowest BCUT2D eigenvalue weighted by atomic mass is 10.1. The summed E-state index contributed by atoms with van der Waals surface area (Å²) >= 11 is 0. The summed E-state index contributed by atoms with van der Waals surface area (Å²) in [5.74, 6) is 0. The van der Waals surface area contributed by atoms with Crippen molar-refractivity contribution >= 4 is 15.2 Å². The number of hydrogen-bond acceptors (Lipinski definition) is 1.